The molecule has 0 amide bonds. The molecule has 0 unspecified atom stereocenters. The second-order valence-corrected chi connectivity index (χ2v) is 4.18. The molecule has 0 saturated heterocycles. The molecule has 0 fully saturated rings. The van der Waals surface area contributed by atoms with Crippen LogP contribution in [0, 0.1) is 11.3 Å². The maximum absolute atomic E-state index is 8.97. The summed E-state index contributed by atoms with van der Waals surface area (Å²) in [5.41, 5.74) is 2.13. The van der Waals surface area contributed by atoms with Gasteiger partial charge in [-0.25, -0.2) is 4.98 Å². The smallest absolute Gasteiger partial charge is 0.163 e. The van der Waals surface area contributed by atoms with Gasteiger partial charge in [0.1, 0.15) is 6.07 Å². The van der Waals surface area contributed by atoms with Gasteiger partial charge in [-0.1, -0.05) is 12.1 Å². The van der Waals surface area contributed by atoms with E-state index >= 15 is 0 Å². The van der Waals surface area contributed by atoms with Crippen LogP contribution in [-0.2, 0) is 0 Å². The largest absolute Gasteiger partial charge is 0.352 e. The molecule has 1 aromatic heterocycles. The van der Waals surface area contributed by atoms with E-state index < -0.39 is 0 Å². The quantitative estimate of drug-likeness (QED) is 0.836. The number of thioether (sulfide) groups is 1. The average molecular weight is 241 g/mol. The molecule has 4 heteroatoms. The van der Waals surface area contributed by atoms with Gasteiger partial charge in [-0.15, -0.1) is 11.8 Å². The SMILES string of the molecule is CSc1ccccc1Nc1cccnc1C#N. The third kappa shape index (κ3) is 2.58. The van der Waals surface area contributed by atoms with E-state index in [0.29, 0.717) is 5.69 Å². The van der Waals surface area contributed by atoms with Crippen LogP contribution in [0.25, 0.3) is 0 Å². The Labute approximate surface area is 105 Å². The third-order valence-corrected chi connectivity index (χ3v) is 3.09. The van der Waals surface area contributed by atoms with Crippen LogP contribution >= 0.6 is 11.8 Å². The first kappa shape index (κ1) is 11.5. The summed E-state index contributed by atoms with van der Waals surface area (Å²) >= 11 is 1.66. The number of rotatable bonds is 3. The molecule has 1 heterocycles. The zero-order valence-corrected chi connectivity index (χ0v) is 10.2. The van der Waals surface area contributed by atoms with Crippen LogP contribution < -0.4 is 5.32 Å². The fraction of sp³-hybridized carbons (Fsp3) is 0.0769. The van der Waals surface area contributed by atoms with Gasteiger partial charge in [0.05, 0.1) is 11.4 Å². The van der Waals surface area contributed by atoms with Crippen molar-refractivity contribution in [2.75, 3.05) is 11.6 Å². The summed E-state index contributed by atoms with van der Waals surface area (Å²) < 4.78 is 0. The first-order valence-electron chi connectivity index (χ1n) is 5.10. The van der Waals surface area contributed by atoms with Gasteiger partial charge in [-0.3, -0.25) is 0 Å². The predicted molar refractivity (Wildman–Crippen MR) is 70.5 cm³/mol. The summed E-state index contributed by atoms with van der Waals surface area (Å²) in [6.45, 7) is 0. The molecule has 0 atom stereocenters. The Morgan fingerprint density at radius 3 is 2.71 bits per heavy atom. The molecule has 0 aliphatic carbocycles. The summed E-state index contributed by atoms with van der Waals surface area (Å²) in [5, 5.41) is 12.2. The van der Waals surface area contributed by atoms with Crippen LogP contribution in [0.2, 0.25) is 0 Å². The van der Waals surface area contributed by atoms with Gasteiger partial charge in [0, 0.05) is 11.1 Å². The van der Waals surface area contributed by atoms with E-state index in [1.165, 1.54) is 0 Å². The number of nitrogens with one attached hydrogen (secondary N) is 1. The van der Waals surface area contributed by atoms with E-state index in [4.69, 9.17) is 5.26 Å². The molecule has 1 aromatic carbocycles. The molecule has 0 aliphatic heterocycles. The summed E-state index contributed by atoms with van der Waals surface area (Å²) in [6.07, 6.45) is 3.64. The molecule has 0 spiro atoms. The molecule has 0 saturated carbocycles. The number of nitrogens with zero attached hydrogens (tertiary/aromatic N) is 2. The van der Waals surface area contributed by atoms with E-state index in [0.717, 1.165) is 16.3 Å². The lowest BCUT2D eigenvalue weighted by molar-refractivity contribution is 1.25. The minimum Gasteiger partial charge on any atom is -0.352 e. The molecular formula is C13H11N3S. The Balaban J connectivity index is 2.35. The molecular weight excluding hydrogens is 230 g/mol. The molecule has 17 heavy (non-hydrogen) atoms. The van der Waals surface area contributed by atoms with Crippen LogP contribution in [0.3, 0.4) is 0 Å². The Bertz CT molecular complexity index is 561. The predicted octanol–water partition coefficient (Wildman–Crippen LogP) is 3.42. The van der Waals surface area contributed by atoms with Gasteiger partial charge in [0.2, 0.25) is 0 Å². The first-order chi connectivity index (χ1) is 8.35. The minimum atomic E-state index is 0.406. The Morgan fingerprint density at radius 1 is 1.18 bits per heavy atom. The summed E-state index contributed by atoms with van der Waals surface area (Å²) in [7, 11) is 0. The van der Waals surface area contributed by atoms with Crippen molar-refractivity contribution < 1.29 is 0 Å². The number of nitriles is 1. The van der Waals surface area contributed by atoms with Crippen molar-refractivity contribution in [3.8, 4) is 6.07 Å². The maximum atomic E-state index is 8.97. The van der Waals surface area contributed by atoms with Crippen molar-refractivity contribution in [3.63, 3.8) is 0 Å². The lowest BCUT2D eigenvalue weighted by Gasteiger charge is -2.10. The highest BCUT2D eigenvalue weighted by molar-refractivity contribution is 7.98. The second kappa shape index (κ2) is 5.37. The second-order valence-electron chi connectivity index (χ2n) is 3.34. The molecule has 84 valence electrons. The molecule has 2 aromatic rings. The van der Waals surface area contributed by atoms with E-state index in [1.807, 2.05) is 42.7 Å². The average Bonchev–Trinajstić information content (AvgIpc) is 2.40. The minimum absolute atomic E-state index is 0.406. The third-order valence-electron chi connectivity index (χ3n) is 2.29. The topological polar surface area (TPSA) is 48.7 Å². The lowest BCUT2D eigenvalue weighted by Crippen LogP contribution is -1.96. The Hall–Kier alpha value is -1.99. The Kier molecular flexibility index (Phi) is 3.63. The zero-order valence-electron chi connectivity index (χ0n) is 9.34. The van der Waals surface area contributed by atoms with Crippen molar-refractivity contribution in [1.82, 2.24) is 4.98 Å². The lowest BCUT2D eigenvalue weighted by atomic mass is 10.2. The van der Waals surface area contributed by atoms with Crippen LogP contribution in [0.4, 0.5) is 11.4 Å². The Morgan fingerprint density at radius 2 is 1.94 bits per heavy atom. The van der Waals surface area contributed by atoms with Gasteiger partial charge in [-0.05, 0) is 30.5 Å². The van der Waals surface area contributed by atoms with Crippen LogP contribution in [0.5, 0.6) is 0 Å². The molecule has 3 nitrogen and oxygen atoms in total. The first-order valence-corrected chi connectivity index (χ1v) is 6.33. The van der Waals surface area contributed by atoms with Crippen LogP contribution in [0.15, 0.2) is 47.5 Å². The van der Waals surface area contributed by atoms with Gasteiger partial charge in [-0.2, -0.15) is 5.26 Å². The molecule has 1 N–H and O–H groups in total. The van der Waals surface area contributed by atoms with E-state index in [1.54, 1.807) is 18.0 Å². The number of para-hydroxylation sites is 1. The van der Waals surface area contributed by atoms with Crippen molar-refractivity contribution in [2.45, 2.75) is 4.90 Å². The van der Waals surface area contributed by atoms with Crippen molar-refractivity contribution >= 4 is 23.1 Å². The highest BCUT2D eigenvalue weighted by Gasteiger charge is 2.05. The van der Waals surface area contributed by atoms with Gasteiger partial charge in [0.15, 0.2) is 5.69 Å². The van der Waals surface area contributed by atoms with E-state index in [9.17, 15) is 0 Å². The molecule has 0 radical (unpaired) electrons. The van der Waals surface area contributed by atoms with E-state index in [2.05, 4.69) is 16.4 Å². The maximum Gasteiger partial charge on any atom is 0.163 e. The summed E-state index contributed by atoms with van der Waals surface area (Å²) in [5.74, 6) is 0. The number of anilines is 2. The van der Waals surface area contributed by atoms with Gasteiger partial charge >= 0.3 is 0 Å². The fourth-order valence-corrected chi connectivity index (χ4v) is 2.04. The molecule has 0 bridgehead atoms. The number of pyridine rings is 1. The van der Waals surface area contributed by atoms with Gasteiger partial charge in [0.25, 0.3) is 0 Å². The number of benzene rings is 1. The zero-order chi connectivity index (χ0) is 12.1. The van der Waals surface area contributed by atoms with E-state index in [-0.39, 0.29) is 0 Å². The number of hydrogen-bond donors (Lipinski definition) is 1. The van der Waals surface area contributed by atoms with Crippen molar-refractivity contribution in [2.24, 2.45) is 0 Å². The standard InChI is InChI=1S/C13H11N3S/c1-17-13-7-3-2-5-11(13)16-10-6-4-8-15-12(10)9-14/h2-8,16H,1H3. The molecule has 2 rings (SSSR count). The van der Waals surface area contributed by atoms with Crippen molar-refractivity contribution in [3.05, 3.63) is 48.3 Å². The van der Waals surface area contributed by atoms with Crippen LogP contribution in [-0.4, -0.2) is 11.2 Å². The fourth-order valence-electron chi connectivity index (χ4n) is 1.49. The summed E-state index contributed by atoms with van der Waals surface area (Å²) in [4.78, 5) is 5.16. The summed E-state index contributed by atoms with van der Waals surface area (Å²) in [6, 6.07) is 13.7. The highest BCUT2D eigenvalue weighted by atomic mass is 32.2. The molecule has 0 aliphatic rings. The van der Waals surface area contributed by atoms with Crippen LogP contribution in [0.1, 0.15) is 5.69 Å². The van der Waals surface area contributed by atoms with Gasteiger partial charge < -0.3 is 5.32 Å². The monoisotopic (exact) mass is 241 g/mol. The normalized spacial score (nSPS) is 9.65. The number of aromatic nitrogens is 1. The highest BCUT2D eigenvalue weighted by Crippen LogP contribution is 2.28. The number of hydrogen-bond acceptors (Lipinski definition) is 4. The van der Waals surface area contributed by atoms with Crippen molar-refractivity contribution in [1.29, 1.82) is 5.26 Å².